The van der Waals surface area contributed by atoms with Gasteiger partial charge < -0.3 is 4.74 Å². The highest BCUT2D eigenvalue weighted by atomic mass is 35.5. The number of nitrogens with zero attached hydrogens (tertiary/aromatic N) is 3. The van der Waals surface area contributed by atoms with Gasteiger partial charge in [-0.15, -0.1) is 0 Å². The molecule has 28 heavy (non-hydrogen) atoms. The monoisotopic (exact) mass is 401 g/mol. The largest absolute Gasteiger partial charge is 0.379 e. The van der Waals surface area contributed by atoms with Gasteiger partial charge in [0.05, 0.1) is 24.8 Å². The van der Waals surface area contributed by atoms with Crippen molar-refractivity contribution in [1.82, 2.24) is 4.90 Å². The van der Waals surface area contributed by atoms with Gasteiger partial charge >= 0.3 is 0 Å². The molecule has 1 saturated heterocycles. The van der Waals surface area contributed by atoms with Crippen LogP contribution in [0.3, 0.4) is 0 Å². The van der Waals surface area contributed by atoms with Gasteiger partial charge in [0, 0.05) is 25.0 Å². The van der Waals surface area contributed by atoms with E-state index in [4.69, 9.17) is 16.3 Å². The minimum Gasteiger partial charge on any atom is -0.379 e. The minimum absolute atomic E-state index is 0.0807. The first-order valence-corrected chi connectivity index (χ1v) is 9.64. The summed E-state index contributed by atoms with van der Waals surface area (Å²) in [4.78, 5) is 14.7. The van der Waals surface area contributed by atoms with Crippen LogP contribution in [0.25, 0.3) is 0 Å². The molecule has 2 heterocycles. The summed E-state index contributed by atoms with van der Waals surface area (Å²) in [5.41, 5.74) is 2.20. The SMILES string of the molecule is CC(=O)C1=NN(c2ccc(F)cc2)C(N2CCOCC2)C1c1ccc(Cl)cc1. The van der Waals surface area contributed by atoms with Crippen molar-refractivity contribution < 1.29 is 13.9 Å². The fraction of sp³-hybridized carbons (Fsp3) is 0.333. The van der Waals surface area contributed by atoms with Crippen LogP contribution in [0.2, 0.25) is 5.02 Å². The maximum absolute atomic E-state index is 13.5. The number of rotatable bonds is 4. The molecule has 2 atom stereocenters. The first-order valence-electron chi connectivity index (χ1n) is 9.26. The average molecular weight is 402 g/mol. The third-order valence-electron chi connectivity index (χ3n) is 5.16. The van der Waals surface area contributed by atoms with E-state index in [2.05, 4.69) is 10.0 Å². The standard InChI is InChI=1S/C21H21ClFN3O2/c1-14(27)20-19(15-2-4-16(22)5-3-15)21(25-10-12-28-13-11-25)26(24-20)18-8-6-17(23)7-9-18/h2-9,19,21H,10-13H2,1H3. The second-order valence-electron chi connectivity index (χ2n) is 6.95. The number of carbonyl (C=O) groups excluding carboxylic acids is 1. The topological polar surface area (TPSA) is 45.1 Å². The van der Waals surface area contributed by atoms with E-state index in [0.29, 0.717) is 23.9 Å². The van der Waals surface area contributed by atoms with Crippen molar-refractivity contribution in [2.24, 2.45) is 5.10 Å². The number of ketones is 1. The summed E-state index contributed by atoms with van der Waals surface area (Å²) in [6.45, 7) is 4.24. The molecule has 0 aliphatic carbocycles. The molecule has 0 N–H and O–H groups in total. The molecular weight excluding hydrogens is 381 g/mol. The first kappa shape index (κ1) is 19.1. The molecule has 7 heteroatoms. The van der Waals surface area contributed by atoms with Gasteiger partial charge in [0.1, 0.15) is 17.7 Å². The molecule has 0 radical (unpaired) electrons. The van der Waals surface area contributed by atoms with Crippen LogP contribution in [-0.4, -0.2) is 48.9 Å². The van der Waals surface area contributed by atoms with E-state index >= 15 is 0 Å². The lowest BCUT2D eigenvalue weighted by Gasteiger charge is -2.39. The van der Waals surface area contributed by atoms with Gasteiger partial charge in [0.25, 0.3) is 0 Å². The fourth-order valence-electron chi connectivity index (χ4n) is 3.82. The summed E-state index contributed by atoms with van der Waals surface area (Å²) in [5, 5.41) is 7.16. The van der Waals surface area contributed by atoms with E-state index in [-0.39, 0.29) is 23.7 Å². The average Bonchev–Trinajstić information content (AvgIpc) is 3.11. The molecule has 0 bridgehead atoms. The van der Waals surface area contributed by atoms with E-state index in [9.17, 15) is 9.18 Å². The van der Waals surface area contributed by atoms with Crippen LogP contribution in [0.4, 0.5) is 10.1 Å². The molecule has 0 saturated carbocycles. The predicted molar refractivity (Wildman–Crippen MR) is 107 cm³/mol. The van der Waals surface area contributed by atoms with Gasteiger partial charge in [0.2, 0.25) is 0 Å². The number of morpholine rings is 1. The Morgan fingerprint density at radius 2 is 1.75 bits per heavy atom. The summed E-state index contributed by atoms with van der Waals surface area (Å²) in [5.74, 6) is -0.628. The molecule has 2 aliphatic heterocycles. The molecule has 5 nitrogen and oxygen atoms in total. The first-order chi connectivity index (χ1) is 13.5. The Bertz CT molecular complexity index is 880. The highest BCUT2D eigenvalue weighted by Gasteiger charge is 2.44. The lowest BCUT2D eigenvalue weighted by atomic mass is 9.89. The molecule has 0 aromatic heterocycles. The van der Waals surface area contributed by atoms with Crippen LogP contribution in [0.1, 0.15) is 18.4 Å². The second kappa shape index (κ2) is 7.99. The molecular formula is C21H21ClFN3O2. The zero-order valence-electron chi connectivity index (χ0n) is 15.5. The second-order valence-corrected chi connectivity index (χ2v) is 7.39. The van der Waals surface area contributed by atoms with Crippen molar-refractivity contribution >= 4 is 28.8 Å². The summed E-state index contributed by atoms with van der Waals surface area (Å²) >= 11 is 6.07. The molecule has 2 unspecified atom stereocenters. The predicted octanol–water partition coefficient (Wildman–Crippen LogP) is 3.69. The normalized spacial score (nSPS) is 23.0. The molecule has 2 aromatic carbocycles. The molecule has 0 amide bonds. The Morgan fingerprint density at radius 1 is 1.11 bits per heavy atom. The smallest absolute Gasteiger partial charge is 0.176 e. The summed E-state index contributed by atoms with van der Waals surface area (Å²) < 4.78 is 19.0. The van der Waals surface area contributed by atoms with Gasteiger partial charge in [-0.05, 0) is 42.0 Å². The van der Waals surface area contributed by atoms with Crippen LogP contribution in [0.5, 0.6) is 0 Å². The molecule has 2 aliphatic rings. The number of hydrazone groups is 1. The lowest BCUT2D eigenvalue weighted by Crippen LogP contribution is -2.52. The van der Waals surface area contributed by atoms with Crippen LogP contribution in [-0.2, 0) is 9.53 Å². The third-order valence-corrected chi connectivity index (χ3v) is 5.41. The minimum atomic E-state index is -0.309. The molecule has 146 valence electrons. The summed E-state index contributed by atoms with van der Waals surface area (Å²) in [7, 11) is 0. The quantitative estimate of drug-likeness (QED) is 0.783. The number of carbonyl (C=O) groups is 1. The maximum atomic E-state index is 13.5. The van der Waals surface area contributed by atoms with Gasteiger partial charge in [-0.3, -0.25) is 9.69 Å². The van der Waals surface area contributed by atoms with Crippen LogP contribution in [0, 0.1) is 5.82 Å². The van der Waals surface area contributed by atoms with Gasteiger partial charge in [0.15, 0.2) is 5.78 Å². The van der Waals surface area contributed by atoms with Gasteiger partial charge in [-0.2, -0.15) is 5.10 Å². The number of Topliss-reactive ketones (excluding diaryl/α,β-unsaturated/α-hetero) is 1. The number of anilines is 1. The molecule has 1 fully saturated rings. The number of halogens is 2. The lowest BCUT2D eigenvalue weighted by molar-refractivity contribution is -0.111. The van der Waals surface area contributed by atoms with Crippen molar-refractivity contribution in [2.45, 2.75) is 19.0 Å². The zero-order valence-corrected chi connectivity index (χ0v) is 16.3. The van der Waals surface area contributed by atoms with E-state index in [1.165, 1.54) is 19.1 Å². The van der Waals surface area contributed by atoms with Crippen molar-refractivity contribution in [1.29, 1.82) is 0 Å². The van der Waals surface area contributed by atoms with Crippen molar-refractivity contribution in [3.8, 4) is 0 Å². The van der Waals surface area contributed by atoms with E-state index in [1.54, 1.807) is 12.1 Å². The summed E-state index contributed by atoms with van der Waals surface area (Å²) in [6, 6.07) is 13.7. The Balaban J connectivity index is 1.80. The van der Waals surface area contributed by atoms with E-state index in [0.717, 1.165) is 24.3 Å². The van der Waals surface area contributed by atoms with E-state index in [1.807, 2.05) is 29.3 Å². The highest BCUT2D eigenvalue weighted by Crippen LogP contribution is 2.37. The van der Waals surface area contributed by atoms with E-state index < -0.39 is 0 Å². The number of hydrogen-bond donors (Lipinski definition) is 0. The number of benzene rings is 2. The maximum Gasteiger partial charge on any atom is 0.176 e. The number of hydrogen-bond acceptors (Lipinski definition) is 5. The van der Waals surface area contributed by atoms with Gasteiger partial charge in [-0.25, -0.2) is 9.40 Å². The molecule has 2 aromatic rings. The fourth-order valence-corrected chi connectivity index (χ4v) is 3.95. The Kier molecular flexibility index (Phi) is 5.44. The van der Waals surface area contributed by atoms with Crippen LogP contribution in [0.15, 0.2) is 53.6 Å². The van der Waals surface area contributed by atoms with Crippen LogP contribution < -0.4 is 5.01 Å². The van der Waals surface area contributed by atoms with Gasteiger partial charge in [-0.1, -0.05) is 23.7 Å². The Morgan fingerprint density at radius 3 is 2.36 bits per heavy atom. The number of ether oxygens (including phenoxy) is 1. The van der Waals surface area contributed by atoms with Crippen molar-refractivity contribution in [3.63, 3.8) is 0 Å². The highest BCUT2D eigenvalue weighted by molar-refractivity contribution is 6.42. The molecule has 4 rings (SSSR count). The third kappa shape index (κ3) is 3.68. The van der Waals surface area contributed by atoms with Crippen molar-refractivity contribution in [2.75, 3.05) is 31.3 Å². The Labute approximate surface area is 168 Å². The van der Waals surface area contributed by atoms with Crippen molar-refractivity contribution in [3.05, 3.63) is 64.9 Å². The molecule has 0 spiro atoms. The van der Waals surface area contributed by atoms with Crippen LogP contribution >= 0.6 is 11.6 Å². The Hall–Kier alpha value is -2.28. The summed E-state index contributed by atoms with van der Waals surface area (Å²) in [6.07, 6.45) is -0.200. The zero-order chi connectivity index (χ0) is 19.7.